The van der Waals surface area contributed by atoms with Gasteiger partial charge in [0.25, 0.3) is 0 Å². The molecule has 2 saturated heterocycles. The highest BCUT2D eigenvalue weighted by Gasteiger charge is 2.58. The minimum atomic E-state index is -1.82. The van der Waals surface area contributed by atoms with E-state index in [1.54, 1.807) is 0 Å². The first-order valence-corrected chi connectivity index (χ1v) is 11.0. The Morgan fingerprint density at radius 1 is 0.806 bits per heavy atom. The number of aliphatic hydroxyl groups excluding tert-OH is 7. The summed E-state index contributed by atoms with van der Waals surface area (Å²) in [4.78, 5) is 0. The summed E-state index contributed by atoms with van der Waals surface area (Å²) in [6, 6.07) is 0. The van der Waals surface area contributed by atoms with Crippen LogP contribution in [0.2, 0.25) is 0 Å². The molecule has 0 aromatic carbocycles. The molecule has 11 nitrogen and oxygen atoms in total. The number of unbranched alkanes of at least 4 members (excludes halogenated alkanes) is 5. The summed E-state index contributed by atoms with van der Waals surface area (Å²) in [5, 5.41) is 69.6. The largest absolute Gasteiger partial charge is 0.394 e. The van der Waals surface area contributed by atoms with Crippen molar-refractivity contribution in [2.75, 3.05) is 26.4 Å². The zero-order chi connectivity index (χ0) is 23.0. The highest BCUT2D eigenvalue weighted by molar-refractivity contribution is 4.99. The van der Waals surface area contributed by atoms with E-state index in [-0.39, 0.29) is 6.61 Å². The number of hydrogen-bond donors (Lipinski definition) is 7. The Morgan fingerprint density at radius 3 is 2.06 bits per heavy atom. The van der Waals surface area contributed by atoms with Crippen LogP contribution in [-0.4, -0.2) is 117 Å². The molecular weight excluding hydrogens is 416 g/mol. The van der Waals surface area contributed by atoms with E-state index >= 15 is 0 Å². The number of rotatable bonds is 13. The van der Waals surface area contributed by atoms with Gasteiger partial charge >= 0.3 is 0 Å². The predicted octanol–water partition coefficient (Wildman–Crippen LogP) is -2.01. The molecule has 0 aromatic heterocycles. The molecule has 2 heterocycles. The van der Waals surface area contributed by atoms with Crippen molar-refractivity contribution in [3.63, 3.8) is 0 Å². The van der Waals surface area contributed by atoms with Gasteiger partial charge in [-0.3, -0.25) is 0 Å². The minimum absolute atomic E-state index is 0.217. The standard InChI is InChI=1S/C20H38O11/c1-2-3-4-5-6-7-8-28-20(11-23)18(27)17(13(10-22)31-20)30-19-16(26)15(25)14(24)12(9-21)29-19/h12-19,21-27H,2-11H2,1H3/t12-,13-,14+,15+,16-,17-,18+,19+,20+/m1/s1. The summed E-state index contributed by atoms with van der Waals surface area (Å²) in [7, 11) is 0. The first-order valence-electron chi connectivity index (χ1n) is 11.0. The van der Waals surface area contributed by atoms with Gasteiger partial charge < -0.3 is 54.7 Å². The van der Waals surface area contributed by atoms with Crippen LogP contribution < -0.4 is 0 Å². The first kappa shape index (κ1) is 26.8. The summed E-state index contributed by atoms with van der Waals surface area (Å²) in [5.41, 5.74) is 0. The molecule has 0 saturated carbocycles. The van der Waals surface area contributed by atoms with Crippen LogP contribution in [0, 0.1) is 0 Å². The topological polar surface area (TPSA) is 179 Å². The quantitative estimate of drug-likeness (QED) is 0.153. The van der Waals surface area contributed by atoms with Gasteiger partial charge in [0.15, 0.2) is 6.29 Å². The maximum atomic E-state index is 10.8. The Bertz CT molecular complexity index is 508. The molecule has 11 heteroatoms. The predicted molar refractivity (Wildman–Crippen MR) is 106 cm³/mol. The smallest absolute Gasteiger partial charge is 0.221 e. The molecule has 0 bridgehead atoms. The van der Waals surface area contributed by atoms with Crippen molar-refractivity contribution in [2.24, 2.45) is 0 Å². The number of ether oxygens (including phenoxy) is 4. The summed E-state index contributed by atoms with van der Waals surface area (Å²) in [6.45, 7) is 0.429. The van der Waals surface area contributed by atoms with E-state index in [9.17, 15) is 35.7 Å². The lowest BCUT2D eigenvalue weighted by atomic mass is 9.99. The molecule has 2 aliphatic rings. The zero-order valence-corrected chi connectivity index (χ0v) is 18.0. The van der Waals surface area contributed by atoms with Gasteiger partial charge in [-0.15, -0.1) is 0 Å². The lowest BCUT2D eigenvalue weighted by Gasteiger charge is -2.41. The molecule has 2 fully saturated rings. The van der Waals surface area contributed by atoms with Crippen molar-refractivity contribution in [2.45, 2.75) is 100 Å². The van der Waals surface area contributed by atoms with E-state index in [0.29, 0.717) is 6.42 Å². The van der Waals surface area contributed by atoms with E-state index < -0.39 is 74.6 Å². The summed E-state index contributed by atoms with van der Waals surface area (Å²) < 4.78 is 22.1. The van der Waals surface area contributed by atoms with E-state index in [1.807, 2.05) is 0 Å². The molecule has 0 spiro atoms. The molecule has 2 rings (SSSR count). The third-order valence-electron chi connectivity index (χ3n) is 5.86. The molecule has 9 atom stereocenters. The zero-order valence-electron chi connectivity index (χ0n) is 18.0. The lowest BCUT2D eigenvalue weighted by molar-refractivity contribution is -0.319. The number of hydrogen-bond acceptors (Lipinski definition) is 11. The third-order valence-corrected chi connectivity index (χ3v) is 5.86. The fourth-order valence-corrected chi connectivity index (χ4v) is 3.91. The second-order valence-corrected chi connectivity index (χ2v) is 8.17. The second kappa shape index (κ2) is 12.7. The van der Waals surface area contributed by atoms with Gasteiger partial charge in [-0.05, 0) is 6.42 Å². The molecular formula is C20H38O11. The van der Waals surface area contributed by atoms with Gasteiger partial charge in [0, 0.05) is 0 Å². The fraction of sp³-hybridized carbons (Fsp3) is 1.00. The Morgan fingerprint density at radius 2 is 1.45 bits per heavy atom. The van der Waals surface area contributed by atoms with Gasteiger partial charge in [0.05, 0.1) is 19.8 Å². The maximum absolute atomic E-state index is 10.8. The summed E-state index contributed by atoms with van der Waals surface area (Å²) in [5.74, 6) is -1.82. The molecule has 0 amide bonds. The van der Waals surface area contributed by atoms with Crippen molar-refractivity contribution >= 4 is 0 Å². The fourth-order valence-electron chi connectivity index (χ4n) is 3.91. The average Bonchev–Trinajstić information content (AvgIpc) is 3.04. The van der Waals surface area contributed by atoms with Crippen LogP contribution in [0.4, 0.5) is 0 Å². The summed E-state index contributed by atoms with van der Waals surface area (Å²) >= 11 is 0. The minimum Gasteiger partial charge on any atom is -0.394 e. The van der Waals surface area contributed by atoms with Gasteiger partial charge in [-0.25, -0.2) is 0 Å². The van der Waals surface area contributed by atoms with E-state index in [4.69, 9.17) is 18.9 Å². The lowest BCUT2D eigenvalue weighted by Crippen LogP contribution is -2.61. The molecule has 0 radical (unpaired) electrons. The van der Waals surface area contributed by atoms with E-state index in [1.165, 1.54) is 6.42 Å². The van der Waals surface area contributed by atoms with Crippen LogP contribution in [0.25, 0.3) is 0 Å². The molecule has 184 valence electrons. The van der Waals surface area contributed by atoms with Crippen molar-refractivity contribution in [1.29, 1.82) is 0 Å². The molecule has 0 aliphatic carbocycles. The average molecular weight is 455 g/mol. The normalized spacial score (nSPS) is 41.0. The number of aliphatic hydroxyl groups is 7. The third kappa shape index (κ3) is 6.33. The molecule has 0 unspecified atom stereocenters. The highest BCUT2D eigenvalue weighted by Crippen LogP contribution is 2.36. The Labute approximate surface area is 182 Å². The molecule has 0 aromatic rings. The first-order chi connectivity index (χ1) is 14.8. The van der Waals surface area contributed by atoms with Crippen molar-refractivity contribution in [3.05, 3.63) is 0 Å². The molecule has 7 N–H and O–H groups in total. The Kier molecular flexibility index (Phi) is 11.0. The van der Waals surface area contributed by atoms with E-state index in [2.05, 4.69) is 6.92 Å². The van der Waals surface area contributed by atoms with Crippen LogP contribution in [0.1, 0.15) is 45.4 Å². The van der Waals surface area contributed by atoms with Gasteiger partial charge in [-0.2, -0.15) is 0 Å². The Hall–Kier alpha value is -0.440. The molecule has 31 heavy (non-hydrogen) atoms. The van der Waals surface area contributed by atoms with Crippen LogP contribution in [0.15, 0.2) is 0 Å². The molecule has 2 aliphatic heterocycles. The van der Waals surface area contributed by atoms with Crippen LogP contribution in [0.3, 0.4) is 0 Å². The SMILES string of the molecule is CCCCCCCCO[C@@]1(CO)O[C@H](CO)[C@@H](O[C@@H]2O[C@H](CO)[C@H](O)[C@H](O)[C@H]2O)[C@@H]1O. The van der Waals surface area contributed by atoms with Crippen molar-refractivity contribution in [3.8, 4) is 0 Å². The van der Waals surface area contributed by atoms with Crippen LogP contribution in [-0.2, 0) is 18.9 Å². The monoisotopic (exact) mass is 454 g/mol. The summed E-state index contributed by atoms with van der Waals surface area (Å²) in [6.07, 6.45) is -5.44. The second-order valence-electron chi connectivity index (χ2n) is 8.17. The van der Waals surface area contributed by atoms with Gasteiger partial charge in [0.2, 0.25) is 5.79 Å². The van der Waals surface area contributed by atoms with Crippen LogP contribution >= 0.6 is 0 Å². The van der Waals surface area contributed by atoms with Crippen molar-refractivity contribution in [1.82, 2.24) is 0 Å². The van der Waals surface area contributed by atoms with Gasteiger partial charge in [-0.1, -0.05) is 39.0 Å². The maximum Gasteiger partial charge on any atom is 0.221 e. The van der Waals surface area contributed by atoms with Crippen LogP contribution in [0.5, 0.6) is 0 Å². The van der Waals surface area contributed by atoms with E-state index in [0.717, 1.165) is 25.7 Å². The Balaban J connectivity index is 1.98. The van der Waals surface area contributed by atoms with Gasteiger partial charge in [0.1, 0.15) is 49.3 Å². The van der Waals surface area contributed by atoms with Crippen molar-refractivity contribution < 1.29 is 54.7 Å². The highest BCUT2D eigenvalue weighted by atomic mass is 16.8.